The summed E-state index contributed by atoms with van der Waals surface area (Å²) in [4.78, 5) is 48.9. The summed E-state index contributed by atoms with van der Waals surface area (Å²) in [6, 6.07) is 18.3. The Labute approximate surface area is 448 Å². The van der Waals surface area contributed by atoms with Gasteiger partial charge < -0.3 is 18.9 Å². The first kappa shape index (κ1) is 59.0. The molecule has 0 fully saturated rings. The van der Waals surface area contributed by atoms with E-state index in [0.717, 1.165) is 89.8 Å². The van der Waals surface area contributed by atoms with Crippen molar-refractivity contribution in [1.29, 1.82) is 0 Å². The first-order valence-corrected chi connectivity index (χ1v) is 29.1. The van der Waals surface area contributed by atoms with E-state index >= 15 is 0 Å². The highest BCUT2D eigenvalue weighted by Gasteiger charge is 2.30. The molecular formula is C60H80O8S4. The monoisotopic (exact) mass is 1060 g/mol. The van der Waals surface area contributed by atoms with Gasteiger partial charge in [0.1, 0.15) is 23.0 Å². The molecule has 0 radical (unpaired) electrons. The van der Waals surface area contributed by atoms with Gasteiger partial charge in [0, 0.05) is 76.4 Å². The minimum absolute atomic E-state index is 0.0408. The van der Waals surface area contributed by atoms with Crippen LogP contribution in [0.3, 0.4) is 0 Å². The first-order valence-electron chi connectivity index (χ1n) is 25.2. The molecule has 4 aromatic carbocycles. The van der Waals surface area contributed by atoms with Gasteiger partial charge in [-0.25, -0.2) is 0 Å². The Balaban J connectivity index is 1.99. The van der Waals surface area contributed by atoms with Crippen molar-refractivity contribution < 1.29 is 38.1 Å². The molecule has 392 valence electrons. The van der Waals surface area contributed by atoms with Crippen LogP contribution in [0.4, 0.5) is 0 Å². The van der Waals surface area contributed by atoms with Crippen LogP contribution in [-0.2, 0) is 66.5 Å². The lowest BCUT2D eigenvalue weighted by Crippen LogP contribution is -2.18. The minimum atomic E-state index is -0.233. The van der Waals surface area contributed by atoms with Crippen molar-refractivity contribution in [2.45, 2.75) is 158 Å². The van der Waals surface area contributed by atoms with Gasteiger partial charge in [0.2, 0.25) is 0 Å². The lowest BCUT2D eigenvalue weighted by Gasteiger charge is -2.29. The van der Waals surface area contributed by atoms with Crippen molar-refractivity contribution >= 4 is 67.5 Å². The molecule has 1 aliphatic carbocycles. The van der Waals surface area contributed by atoms with E-state index in [-0.39, 0.29) is 42.1 Å². The number of ether oxygens (including phenoxy) is 4. The topological polar surface area (TPSA) is 105 Å². The molecule has 0 heterocycles. The molecule has 5 rings (SSSR count). The Kier molecular flexibility index (Phi) is 20.6. The zero-order chi connectivity index (χ0) is 53.3. The summed E-state index contributed by atoms with van der Waals surface area (Å²) in [5, 5.41) is 0.163. The van der Waals surface area contributed by atoms with Gasteiger partial charge in [-0.15, -0.1) is 0 Å². The number of fused-ring (bicyclic) bond motifs is 8. The van der Waals surface area contributed by atoms with Crippen molar-refractivity contribution in [3.63, 3.8) is 0 Å². The Bertz CT molecular complexity index is 2150. The van der Waals surface area contributed by atoms with Crippen LogP contribution in [0, 0.1) is 0 Å². The van der Waals surface area contributed by atoms with Gasteiger partial charge in [-0.05, 0) is 88.4 Å². The number of rotatable bonds is 16. The van der Waals surface area contributed by atoms with Crippen molar-refractivity contribution in [3.05, 3.63) is 115 Å². The van der Waals surface area contributed by atoms with E-state index in [4.69, 9.17) is 18.9 Å². The molecule has 4 aromatic rings. The van der Waals surface area contributed by atoms with Crippen molar-refractivity contribution in [2.24, 2.45) is 0 Å². The highest BCUT2D eigenvalue weighted by molar-refractivity contribution is 8.14. The second-order valence-corrected chi connectivity index (χ2v) is 28.0. The van der Waals surface area contributed by atoms with E-state index in [1.807, 2.05) is 0 Å². The van der Waals surface area contributed by atoms with Crippen molar-refractivity contribution in [2.75, 3.05) is 49.4 Å². The lowest BCUT2D eigenvalue weighted by molar-refractivity contribution is -0.109. The predicted octanol–water partition coefficient (Wildman–Crippen LogP) is 14.2. The van der Waals surface area contributed by atoms with Crippen LogP contribution in [0.5, 0.6) is 23.0 Å². The molecule has 0 spiro atoms. The quantitative estimate of drug-likeness (QED) is 0.0879. The Morgan fingerprint density at radius 2 is 0.486 bits per heavy atom. The number of thioether (sulfide) groups is 4. The summed E-state index contributed by atoms with van der Waals surface area (Å²) in [7, 11) is 0. The largest absolute Gasteiger partial charge is 0.492 e. The fraction of sp³-hybridized carbons (Fsp3) is 0.533. The van der Waals surface area contributed by atoms with E-state index < -0.39 is 0 Å². The highest BCUT2D eigenvalue weighted by atomic mass is 32.2. The average molecular weight is 1060 g/mol. The molecule has 1 aliphatic rings. The molecule has 8 nitrogen and oxygen atoms in total. The number of hydrogen-bond donors (Lipinski definition) is 0. The fourth-order valence-electron chi connectivity index (χ4n) is 8.68. The summed E-state index contributed by atoms with van der Waals surface area (Å²) in [5.74, 6) is 5.11. The van der Waals surface area contributed by atoms with Crippen LogP contribution in [0.1, 0.15) is 178 Å². The van der Waals surface area contributed by atoms with E-state index in [9.17, 15) is 19.2 Å². The molecule has 0 saturated heterocycles. The van der Waals surface area contributed by atoms with Crippen LogP contribution in [0.25, 0.3) is 0 Å². The lowest BCUT2D eigenvalue weighted by atomic mass is 9.79. The van der Waals surface area contributed by atoms with Gasteiger partial charge in [-0.3, -0.25) is 19.2 Å². The van der Waals surface area contributed by atoms with E-state index in [1.54, 1.807) is 27.7 Å². The van der Waals surface area contributed by atoms with Gasteiger partial charge in [0.25, 0.3) is 0 Å². The van der Waals surface area contributed by atoms with Gasteiger partial charge in [0.15, 0.2) is 20.5 Å². The summed E-state index contributed by atoms with van der Waals surface area (Å²) < 4.78 is 27.9. The molecule has 0 saturated carbocycles. The van der Waals surface area contributed by atoms with Gasteiger partial charge in [0.05, 0.1) is 26.4 Å². The molecule has 8 bridgehead atoms. The molecular weight excluding hydrogens is 977 g/mol. The third kappa shape index (κ3) is 17.1. The fourth-order valence-corrected chi connectivity index (χ4v) is 10.5. The minimum Gasteiger partial charge on any atom is -0.492 e. The molecule has 0 N–H and O–H groups in total. The Morgan fingerprint density at radius 1 is 0.333 bits per heavy atom. The smallest absolute Gasteiger partial charge is 0.185 e. The molecule has 0 unspecified atom stereocenters. The molecule has 72 heavy (non-hydrogen) atoms. The second kappa shape index (κ2) is 25.1. The summed E-state index contributed by atoms with van der Waals surface area (Å²) in [5.41, 5.74) is 11.8. The molecule has 0 amide bonds. The van der Waals surface area contributed by atoms with Crippen LogP contribution < -0.4 is 18.9 Å². The third-order valence-electron chi connectivity index (χ3n) is 12.5. The van der Waals surface area contributed by atoms with Crippen LogP contribution >= 0.6 is 47.0 Å². The average Bonchev–Trinajstić information content (AvgIpc) is 3.24. The van der Waals surface area contributed by atoms with E-state index in [1.165, 1.54) is 47.0 Å². The van der Waals surface area contributed by atoms with E-state index in [2.05, 4.69) is 132 Å². The molecule has 0 aromatic heterocycles. The number of hydrogen-bond acceptors (Lipinski definition) is 12. The van der Waals surface area contributed by atoms with Crippen LogP contribution in [-0.4, -0.2) is 69.9 Å². The summed E-state index contributed by atoms with van der Waals surface area (Å²) in [6.07, 6.45) is 1.93. The first-order chi connectivity index (χ1) is 33.5. The number of carbonyl (C=O) groups excluding carboxylic acids is 4. The number of benzene rings is 4. The Morgan fingerprint density at radius 3 is 0.611 bits per heavy atom. The SMILES string of the molecule is CC(=O)SCCOc1c2cc(C(C)(C)C)cc1Cc1cc(C(C)(C)C)cc(c1OCCSC(C)=O)Cc1cc(C(C)(C)C)cc(c1OCCSC(C)=O)Cc1cc(C(C)(C)C)cc(c1OCCSC(C)=O)C2. The standard InChI is InChI=1S/C60H80O8S4/c1-37(61)69-21-17-65-53-41-25-43-31-50(58(8,9)10)33-45(54(43)66-18-22-70-38(2)62)27-47-35-52(60(14,15)16)36-48(56(47)68-20-24-72-40(4)64)28-46-34-51(59(11,12)13)32-44(55(46)67-19-23-71-39(3)63)26-42(53)30-49(29-41)57(5,6)7/h29-36H,17-28H2,1-16H3. The maximum absolute atomic E-state index is 12.2. The zero-order valence-corrected chi connectivity index (χ0v) is 49.3. The normalized spacial score (nSPS) is 13.1. The zero-order valence-electron chi connectivity index (χ0n) is 46.0. The van der Waals surface area contributed by atoms with Crippen LogP contribution in [0.2, 0.25) is 0 Å². The number of carbonyl (C=O) groups is 4. The van der Waals surface area contributed by atoms with Crippen LogP contribution in [0.15, 0.2) is 48.5 Å². The molecule has 0 atom stereocenters. The van der Waals surface area contributed by atoms with Gasteiger partial charge >= 0.3 is 0 Å². The summed E-state index contributed by atoms with van der Waals surface area (Å²) in [6.45, 7) is 34.5. The molecule has 0 aliphatic heterocycles. The van der Waals surface area contributed by atoms with Crippen molar-refractivity contribution in [1.82, 2.24) is 0 Å². The molecule has 12 heteroatoms. The van der Waals surface area contributed by atoms with E-state index in [0.29, 0.717) is 75.1 Å². The second-order valence-electron chi connectivity index (χ2n) is 23.0. The Hall–Kier alpha value is -3.84. The summed E-state index contributed by atoms with van der Waals surface area (Å²) >= 11 is 5.03. The highest BCUT2D eigenvalue weighted by Crippen LogP contribution is 2.44. The maximum atomic E-state index is 12.2. The van der Waals surface area contributed by atoms with Gasteiger partial charge in [-0.2, -0.15) is 0 Å². The maximum Gasteiger partial charge on any atom is 0.185 e. The predicted molar refractivity (Wildman–Crippen MR) is 306 cm³/mol. The van der Waals surface area contributed by atoms with Gasteiger partial charge in [-0.1, -0.05) is 179 Å². The third-order valence-corrected chi connectivity index (χ3v) is 15.6. The van der Waals surface area contributed by atoms with Crippen molar-refractivity contribution in [3.8, 4) is 23.0 Å².